The molecule has 0 aromatic heterocycles. The first-order valence-electron chi connectivity index (χ1n) is 7.07. The van der Waals surface area contributed by atoms with Crippen molar-refractivity contribution in [2.75, 3.05) is 46.4 Å². The maximum absolute atomic E-state index is 11.9. The van der Waals surface area contributed by atoms with E-state index in [-0.39, 0.29) is 12.5 Å². The van der Waals surface area contributed by atoms with Gasteiger partial charge in [-0.25, -0.2) is 4.79 Å². The first-order chi connectivity index (χ1) is 9.63. The lowest BCUT2D eigenvalue weighted by molar-refractivity contribution is -0.142. The maximum Gasteiger partial charge on any atom is 0.326 e. The zero-order valence-corrected chi connectivity index (χ0v) is 12.1. The molecule has 0 radical (unpaired) electrons. The lowest BCUT2D eigenvalue weighted by atomic mass is 10.1. The smallest absolute Gasteiger partial charge is 0.326 e. The quantitative estimate of drug-likeness (QED) is 0.510. The van der Waals surface area contributed by atoms with Crippen molar-refractivity contribution in [3.63, 3.8) is 0 Å². The average molecular weight is 287 g/mol. The molecule has 20 heavy (non-hydrogen) atoms. The van der Waals surface area contributed by atoms with Gasteiger partial charge in [-0.2, -0.15) is 0 Å². The summed E-state index contributed by atoms with van der Waals surface area (Å²) < 4.78 is 4.89. The number of amides is 1. The van der Waals surface area contributed by atoms with Crippen molar-refractivity contribution in [1.82, 2.24) is 15.5 Å². The molecule has 7 heteroatoms. The Morgan fingerprint density at radius 2 is 2.20 bits per heavy atom. The highest BCUT2D eigenvalue weighted by Gasteiger charge is 2.21. The topological polar surface area (TPSA) is 90.9 Å². The lowest BCUT2D eigenvalue weighted by Gasteiger charge is -2.20. The summed E-state index contributed by atoms with van der Waals surface area (Å²) in [5, 5.41) is 14.9. The third-order valence-electron chi connectivity index (χ3n) is 3.27. The number of nitrogens with one attached hydrogen (secondary N) is 2. The molecule has 7 nitrogen and oxygen atoms in total. The van der Waals surface area contributed by atoms with Gasteiger partial charge in [0, 0.05) is 26.8 Å². The van der Waals surface area contributed by atoms with E-state index < -0.39 is 12.0 Å². The predicted molar refractivity (Wildman–Crippen MR) is 74.6 cm³/mol. The van der Waals surface area contributed by atoms with E-state index >= 15 is 0 Å². The van der Waals surface area contributed by atoms with Crippen LogP contribution in [-0.4, -0.2) is 74.4 Å². The molecule has 0 saturated carbocycles. The summed E-state index contributed by atoms with van der Waals surface area (Å²) in [5.74, 6) is -1.22. The Bertz CT molecular complexity index is 304. The van der Waals surface area contributed by atoms with Crippen molar-refractivity contribution >= 4 is 11.9 Å². The van der Waals surface area contributed by atoms with E-state index in [0.717, 1.165) is 32.6 Å². The number of aliphatic carboxylic acids is 1. The number of carboxylic acids is 1. The van der Waals surface area contributed by atoms with E-state index in [1.165, 1.54) is 0 Å². The van der Waals surface area contributed by atoms with Crippen LogP contribution in [0.25, 0.3) is 0 Å². The maximum atomic E-state index is 11.9. The van der Waals surface area contributed by atoms with Crippen LogP contribution in [0.15, 0.2) is 0 Å². The van der Waals surface area contributed by atoms with Gasteiger partial charge >= 0.3 is 5.97 Å². The largest absolute Gasteiger partial charge is 0.480 e. The van der Waals surface area contributed by atoms with Crippen LogP contribution in [0.1, 0.15) is 19.3 Å². The number of carbonyl (C=O) groups is 2. The van der Waals surface area contributed by atoms with E-state index in [0.29, 0.717) is 19.4 Å². The fraction of sp³-hybridized carbons (Fsp3) is 0.846. The second-order valence-corrected chi connectivity index (χ2v) is 4.97. The highest BCUT2D eigenvalue weighted by Crippen LogP contribution is 2.00. The van der Waals surface area contributed by atoms with Crippen molar-refractivity contribution in [2.24, 2.45) is 0 Å². The fourth-order valence-electron chi connectivity index (χ4n) is 2.19. The van der Waals surface area contributed by atoms with Gasteiger partial charge in [0.2, 0.25) is 5.91 Å². The molecular formula is C13H25N3O4. The molecule has 1 atom stereocenters. The molecule has 1 rings (SSSR count). The van der Waals surface area contributed by atoms with E-state index in [9.17, 15) is 9.59 Å². The Morgan fingerprint density at radius 3 is 2.90 bits per heavy atom. The minimum absolute atomic E-state index is 0.225. The highest BCUT2D eigenvalue weighted by molar-refractivity contribution is 5.84. The van der Waals surface area contributed by atoms with Gasteiger partial charge in [0.05, 0.1) is 6.54 Å². The normalized spacial score (nSPS) is 18.2. The number of hydrogen-bond donors (Lipinski definition) is 3. The standard InChI is InChI=1S/C13H25N3O4/c1-20-9-2-4-11(13(18)19)15-12(17)10-16-7-3-5-14-6-8-16/h11,14H,2-10H2,1H3,(H,15,17)(H,18,19). The number of nitrogens with zero attached hydrogens (tertiary/aromatic N) is 1. The molecule has 0 bridgehead atoms. The van der Waals surface area contributed by atoms with Crippen molar-refractivity contribution in [3.05, 3.63) is 0 Å². The summed E-state index contributed by atoms with van der Waals surface area (Å²) in [4.78, 5) is 25.0. The van der Waals surface area contributed by atoms with E-state index in [1.54, 1.807) is 7.11 Å². The third-order valence-corrected chi connectivity index (χ3v) is 3.27. The zero-order valence-electron chi connectivity index (χ0n) is 12.1. The Hall–Kier alpha value is -1.18. The number of hydrogen-bond acceptors (Lipinski definition) is 5. The zero-order chi connectivity index (χ0) is 14.8. The van der Waals surface area contributed by atoms with Crippen molar-refractivity contribution in [2.45, 2.75) is 25.3 Å². The first kappa shape index (κ1) is 16.9. The van der Waals surface area contributed by atoms with Crippen molar-refractivity contribution in [1.29, 1.82) is 0 Å². The molecule has 0 aromatic rings. The van der Waals surface area contributed by atoms with Gasteiger partial charge in [0.25, 0.3) is 0 Å². The summed E-state index contributed by atoms with van der Waals surface area (Å²) >= 11 is 0. The van der Waals surface area contributed by atoms with Crippen molar-refractivity contribution in [3.8, 4) is 0 Å². The number of rotatable bonds is 8. The number of carboxylic acid groups (broad SMARTS) is 1. The van der Waals surface area contributed by atoms with Gasteiger partial charge in [-0.15, -0.1) is 0 Å². The van der Waals surface area contributed by atoms with Crippen LogP contribution >= 0.6 is 0 Å². The first-order valence-corrected chi connectivity index (χ1v) is 7.07. The Morgan fingerprint density at radius 1 is 1.40 bits per heavy atom. The predicted octanol–water partition coefficient (Wildman–Crippen LogP) is -0.722. The van der Waals surface area contributed by atoms with Gasteiger partial charge in [0.1, 0.15) is 6.04 Å². The molecular weight excluding hydrogens is 262 g/mol. The van der Waals surface area contributed by atoms with Gasteiger partial charge in [-0.05, 0) is 32.4 Å². The van der Waals surface area contributed by atoms with Gasteiger partial charge in [-0.1, -0.05) is 0 Å². The average Bonchev–Trinajstić information content (AvgIpc) is 2.66. The molecule has 1 saturated heterocycles. The second-order valence-electron chi connectivity index (χ2n) is 4.97. The van der Waals surface area contributed by atoms with Gasteiger partial charge in [0.15, 0.2) is 0 Å². The number of carbonyl (C=O) groups excluding carboxylic acids is 1. The Kier molecular flexibility index (Phi) is 8.17. The fourth-order valence-corrected chi connectivity index (χ4v) is 2.19. The molecule has 1 amide bonds. The number of methoxy groups -OCH3 is 1. The summed E-state index contributed by atoms with van der Waals surface area (Å²) in [6.45, 7) is 4.26. The second kappa shape index (κ2) is 9.68. The summed E-state index contributed by atoms with van der Waals surface area (Å²) in [5.41, 5.74) is 0. The third kappa shape index (κ3) is 6.83. The van der Waals surface area contributed by atoms with Gasteiger partial charge in [-0.3, -0.25) is 9.69 Å². The van der Waals surface area contributed by atoms with E-state index in [2.05, 4.69) is 10.6 Å². The summed E-state index contributed by atoms with van der Waals surface area (Å²) in [6.07, 6.45) is 2.00. The summed E-state index contributed by atoms with van der Waals surface area (Å²) in [7, 11) is 1.57. The van der Waals surface area contributed by atoms with Crippen LogP contribution < -0.4 is 10.6 Å². The van der Waals surface area contributed by atoms with E-state index in [1.807, 2.05) is 4.90 Å². The van der Waals surface area contributed by atoms with Crippen LogP contribution in [0.5, 0.6) is 0 Å². The Balaban J connectivity index is 2.34. The minimum atomic E-state index is -0.994. The van der Waals surface area contributed by atoms with Gasteiger partial charge < -0.3 is 20.5 Å². The monoisotopic (exact) mass is 287 g/mol. The SMILES string of the molecule is COCCCC(NC(=O)CN1CCCNCC1)C(=O)O. The van der Waals surface area contributed by atoms with Crippen molar-refractivity contribution < 1.29 is 19.4 Å². The molecule has 0 spiro atoms. The molecule has 0 aromatic carbocycles. The number of ether oxygens (including phenoxy) is 1. The van der Waals surface area contributed by atoms with Crippen LogP contribution in [-0.2, 0) is 14.3 Å². The molecule has 0 aliphatic carbocycles. The minimum Gasteiger partial charge on any atom is -0.480 e. The molecule has 1 fully saturated rings. The van der Waals surface area contributed by atoms with Crippen LogP contribution in [0.4, 0.5) is 0 Å². The molecule has 1 aliphatic rings. The highest BCUT2D eigenvalue weighted by atomic mass is 16.5. The molecule has 1 aliphatic heterocycles. The van der Waals surface area contributed by atoms with Crippen LogP contribution in [0, 0.1) is 0 Å². The molecule has 1 unspecified atom stereocenters. The van der Waals surface area contributed by atoms with Crippen LogP contribution in [0.2, 0.25) is 0 Å². The van der Waals surface area contributed by atoms with Crippen LogP contribution in [0.3, 0.4) is 0 Å². The summed E-state index contributed by atoms with van der Waals surface area (Å²) in [6, 6.07) is -0.831. The molecule has 1 heterocycles. The lowest BCUT2D eigenvalue weighted by Crippen LogP contribution is -2.46. The Labute approximate surface area is 119 Å². The molecule has 116 valence electrons. The van der Waals surface area contributed by atoms with E-state index in [4.69, 9.17) is 9.84 Å². The molecule has 3 N–H and O–H groups in total.